The topological polar surface area (TPSA) is 32.7 Å². The zero-order valence-electron chi connectivity index (χ0n) is 15.5. The highest BCUT2D eigenvalue weighted by atomic mass is 35.5. The smallest absolute Gasteiger partial charge is 0.278 e. The molecule has 1 heterocycles. The lowest BCUT2D eigenvalue weighted by molar-refractivity contribution is 0.100. The van der Waals surface area contributed by atoms with Crippen LogP contribution < -0.4 is 4.90 Å². The van der Waals surface area contributed by atoms with E-state index in [9.17, 15) is 4.79 Å². The first-order valence-corrected chi connectivity index (χ1v) is 9.80. The highest BCUT2D eigenvalue weighted by Crippen LogP contribution is 2.31. The molecule has 3 nitrogen and oxygen atoms in total. The predicted molar refractivity (Wildman–Crippen MR) is 119 cm³/mol. The minimum atomic E-state index is -0.279. The van der Waals surface area contributed by atoms with Gasteiger partial charge in [0.25, 0.3) is 5.91 Å². The highest BCUT2D eigenvalue weighted by molar-refractivity contribution is 6.30. The van der Waals surface area contributed by atoms with Crippen molar-refractivity contribution in [3.05, 3.63) is 113 Å². The van der Waals surface area contributed by atoms with Gasteiger partial charge in [0, 0.05) is 21.8 Å². The van der Waals surface area contributed by atoms with Gasteiger partial charge in [-0.05, 0) is 52.7 Å². The summed E-state index contributed by atoms with van der Waals surface area (Å²) >= 11 is 5.95. The largest absolute Gasteiger partial charge is 0.321 e. The predicted octanol–water partition coefficient (Wildman–Crippen LogP) is 6.10. The molecule has 1 amide bonds. The molecule has 0 radical (unpaired) electrons. The Labute approximate surface area is 173 Å². The molecule has 0 aromatic heterocycles. The number of fused-ring (bicyclic) bond motifs is 2. The molecular formula is C25H17ClN2O. The minimum absolute atomic E-state index is 0.279. The fraction of sp³-hybridized carbons (Fsp3) is 0.0400. The quantitative estimate of drug-likeness (QED) is 0.410. The van der Waals surface area contributed by atoms with E-state index in [0.29, 0.717) is 23.0 Å². The van der Waals surface area contributed by atoms with Gasteiger partial charge in [-0.15, -0.1) is 0 Å². The Bertz CT molecular complexity index is 1260. The molecule has 0 fully saturated rings. The maximum absolute atomic E-state index is 12.9. The number of hydrogen-bond donors (Lipinski definition) is 0. The molecule has 0 atom stereocenters. The van der Waals surface area contributed by atoms with Gasteiger partial charge in [-0.1, -0.05) is 66.2 Å². The third kappa shape index (κ3) is 3.30. The van der Waals surface area contributed by atoms with Gasteiger partial charge in [-0.3, -0.25) is 4.79 Å². The van der Waals surface area contributed by atoms with Gasteiger partial charge in [0.1, 0.15) is 5.84 Å². The van der Waals surface area contributed by atoms with E-state index in [1.165, 1.54) is 5.39 Å². The summed E-state index contributed by atoms with van der Waals surface area (Å²) < 4.78 is 0. The number of amides is 1. The van der Waals surface area contributed by atoms with E-state index in [1.54, 1.807) is 24.3 Å². The lowest BCUT2D eigenvalue weighted by atomic mass is 10.1. The Kier molecular flexibility index (Phi) is 4.38. The Hall–Kier alpha value is -3.43. The SMILES string of the molecule is O=C(N=C1c2ccccc2CN1c1ccc2ccccc2c1)c1ccc(Cl)cc1. The van der Waals surface area contributed by atoms with Gasteiger partial charge in [0.15, 0.2) is 0 Å². The van der Waals surface area contributed by atoms with Crippen molar-refractivity contribution in [2.45, 2.75) is 6.54 Å². The van der Waals surface area contributed by atoms with Crippen LogP contribution in [0.4, 0.5) is 5.69 Å². The molecule has 29 heavy (non-hydrogen) atoms. The van der Waals surface area contributed by atoms with Gasteiger partial charge in [0.2, 0.25) is 0 Å². The molecule has 4 aromatic carbocycles. The Morgan fingerprint density at radius 1 is 0.828 bits per heavy atom. The molecule has 0 bridgehead atoms. The highest BCUT2D eigenvalue weighted by Gasteiger charge is 2.27. The van der Waals surface area contributed by atoms with E-state index in [0.717, 1.165) is 22.2 Å². The summed E-state index contributed by atoms with van der Waals surface area (Å²) in [5, 5.41) is 2.94. The lowest BCUT2D eigenvalue weighted by Gasteiger charge is -2.20. The van der Waals surface area contributed by atoms with Crippen LogP contribution in [0.2, 0.25) is 5.02 Å². The summed E-state index contributed by atoms with van der Waals surface area (Å²) in [6.07, 6.45) is 0. The number of nitrogens with zero attached hydrogens (tertiary/aromatic N) is 2. The molecule has 1 aliphatic rings. The zero-order valence-corrected chi connectivity index (χ0v) is 16.3. The van der Waals surface area contributed by atoms with Crippen molar-refractivity contribution in [2.75, 3.05) is 4.90 Å². The molecule has 0 N–H and O–H groups in total. The van der Waals surface area contributed by atoms with E-state index in [2.05, 4.69) is 46.3 Å². The van der Waals surface area contributed by atoms with Gasteiger partial charge < -0.3 is 4.90 Å². The van der Waals surface area contributed by atoms with Crippen molar-refractivity contribution in [1.82, 2.24) is 0 Å². The summed E-state index contributed by atoms with van der Waals surface area (Å²) in [7, 11) is 0. The molecule has 4 aromatic rings. The molecule has 5 rings (SSSR count). The zero-order chi connectivity index (χ0) is 19.8. The van der Waals surface area contributed by atoms with Gasteiger partial charge in [0.05, 0.1) is 6.54 Å². The molecular weight excluding hydrogens is 380 g/mol. The molecule has 0 aliphatic carbocycles. The molecule has 140 valence electrons. The number of benzene rings is 4. The summed E-state index contributed by atoms with van der Waals surface area (Å²) in [6, 6.07) is 29.5. The normalized spacial score (nSPS) is 14.4. The van der Waals surface area contributed by atoms with Crippen molar-refractivity contribution in [3.8, 4) is 0 Å². The van der Waals surface area contributed by atoms with Crippen LogP contribution in [0.1, 0.15) is 21.5 Å². The van der Waals surface area contributed by atoms with Gasteiger partial charge in [-0.2, -0.15) is 4.99 Å². The Balaban J connectivity index is 1.60. The summed E-state index contributed by atoms with van der Waals surface area (Å²) in [6.45, 7) is 0.682. The maximum Gasteiger partial charge on any atom is 0.278 e. The lowest BCUT2D eigenvalue weighted by Crippen LogP contribution is -2.25. The van der Waals surface area contributed by atoms with Crippen LogP contribution >= 0.6 is 11.6 Å². The van der Waals surface area contributed by atoms with Crippen LogP contribution in [-0.2, 0) is 6.54 Å². The maximum atomic E-state index is 12.9. The van der Waals surface area contributed by atoms with Crippen molar-refractivity contribution in [3.63, 3.8) is 0 Å². The third-order valence-corrected chi connectivity index (χ3v) is 5.44. The standard InChI is InChI=1S/C25H17ClN2O/c26-21-12-9-18(10-13-21)25(29)27-24-23-8-4-3-7-20(23)16-28(24)22-14-11-17-5-1-2-6-19(17)15-22/h1-15H,16H2. The molecule has 0 unspecified atom stereocenters. The molecule has 0 saturated heterocycles. The van der Waals surface area contributed by atoms with Crippen LogP contribution in [0.25, 0.3) is 10.8 Å². The molecule has 4 heteroatoms. The second kappa shape index (κ2) is 7.19. The number of halogens is 1. The summed E-state index contributed by atoms with van der Waals surface area (Å²) in [4.78, 5) is 19.5. The van der Waals surface area contributed by atoms with Crippen LogP contribution in [0.5, 0.6) is 0 Å². The number of anilines is 1. The van der Waals surface area contributed by atoms with E-state index in [1.807, 2.05) is 30.3 Å². The first-order valence-electron chi connectivity index (χ1n) is 9.42. The summed E-state index contributed by atoms with van der Waals surface area (Å²) in [5.74, 6) is 0.398. The molecule has 1 aliphatic heterocycles. The van der Waals surface area contributed by atoms with Crippen LogP contribution in [0, 0.1) is 0 Å². The fourth-order valence-electron chi connectivity index (χ4n) is 3.70. The van der Waals surface area contributed by atoms with Gasteiger partial charge in [-0.25, -0.2) is 0 Å². The van der Waals surface area contributed by atoms with Crippen LogP contribution in [0.15, 0.2) is 96.0 Å². The third-order valence-electron chi connectivity index (χ3n) is 5.19. The number of carbonyl (C=O) groups excluding carboxylic acids is 1. The summed E-state index contributed by atoms with van der Waals surface area (Å²) in [5.41, 5.74) is 3.68. The van der Waals surface area contributed by atoms with E-state index < -0.39 is 0 Å². The molecule has 0 saturated carbocycles. The molecule has 0 spiro atoms. The first kappa shape index (κ1) is 17.7. The van der Waals surface area contributed by atoms with E-state index >= 15 is 0 Å². The van der Waals surface area contributed by atoms with E-state index in [4.69, 9.17) is 11.6 Å². The first-order chi connectivity index (χ1) is 14.2. The van der Waals surface area contributed by atoms with Crippen molar-refractivity contribution in [2.24, 2.45) is 4.99 Å². The average Bonchev–Trinajstić information content (AvgIpc) is 3.12. The Morgan fingerprint density at radius 2 is 1.55 bits per heavy atom. The number of hydrogen-bond acceptors (Lipinski definition) is 1. The number of rotatable bonds is 2. The van der Waals surface area contributed by atoms with Crippen molar-refractivity contribution >= 4 is 39.8 Å². The van der Waals surface area contributed by atoms with Gasteiger partial charge >= 0.3 is 0 Å². The number of amidine groups is 1. The number of carbonyl (C=O) groups is 1. The second-order valence-electron chi connectivity index (χ2n) is 7.02. The van der Waals surface area contributed by atoms with Crippen molar-refractivity contribution < 1.29 is 4.79 Å². The van der Waals surface area contributed by atoms with E-state index in [-0.39, 0.29) is 5.91 Å². The minimum Gasteiger partial charge on any atom is -0.321 e. The second-order valence-corrected chi connectivity index (χ2v) is 7.46. The van der Waals surface area contributed by atoms with Crippen molar-refractivity contribution in [1.29, 1.82) is 0 Å². The number of aliphatic imine (C=N–C) groups is 1. The van der Waals surface area contributed by atoms with Crippen LogP contribution in [0.3, 0.4) is 0 Å². The fourth-order valence-corrected chi connectivity index (χ4v) is 3.82. The average molecular weight is 397 g/mol. The monoisotopic (exact) mass is 396 g/mol. The van der Waals surface area contributed by atoms with Crippen LogP contribution in [-0.4, -0.2) is 11.7 Å². The Morgan fingerprint density at radius 3 is 2.38 bits per heavy atom.